The van der Waals surface area contributed by atoms with E-state index in [-0.39, 0.29) is 0 Å². The van der Waals surface area contributed by atoms with Crippen LogP contribution >= 0.6 is 0 Å². The molecule has 86 valence electrons. The van der Waals surface area contributed by atoms with E-state index in [2.05, 4.69) is 40.4 Å². The summed E-state index contributed by atoms with van der Waals surface area (Å²) in [5.41, 5.74) is 2.24. The molecule has 16 heavy (non-hydrogen) atoms. The molecule has 0 aliphatic rings. The highest BCUT2D eigenvalue weighted by Gasteiger charge is 2.10. The van der Waals surface area contributed by atoms with E-state index in [1.165, 1.54) is 5.69 Å². The molecule has 0 spiro atoms. The van der Waals surface area contributed by atoms with Crippen LogP contribution in [0.4, 0.5) is 0 Å². The molecule has 2 aromatic rings. The summed E-state index contributed by atoms with van der Waals surface area (Å²) < 4.78 is 4.03. The second kappa shape index (κ2) is 4.08. The molecular formula is C11H17N5. The molecule has 2 aromatic heterocycles. The molecule has 0 aliphatic heterocycles. The quantitative estimate of drug-likeness (QED) is 0.789. The zero-order valence-corrected chi connectivity index (χ0v) is 10.2. The summed E-state index contributed by atoms with van der Waals surface area (Å²) in [5, 5.41) is 4.22. The van der Waals surface area contributed by atoms with Crippen molar-refractivity contribution in [2.24, 2.45) is 0 Å². The van der Waals surface area contributed by atoms with Gasteiger partial charge in [-0.3, -0.25) is 0 Å². The number of imidazole rings is 1. The molecule has 0 radical (unpaired) electrons. The van der Waals surface area contributed by atoms with Gasteiger partial charge in [-0.1, -0.05) is 0 Å². The van der Waals surface area contributed by atoms with Crippen LogP contribution in [0.2, 0.25) is 0 Å². The molecule has 0 N–H and O–H groups in total. The largest absolute Gasteiger partial charge is 0.327 e. The van der Waals surface area contributed by atoms with Crippen molar-refractivity contribution in [3.63, 3.8) is 0 Å². The fraction of sp³-hybridized carbons (Fsp3) is 0.545. The lowest BCUT2D eigenvalue weighted by Crippen LogP contribution is -2.12. The van der Waals surface area contributed by atoms with Gasteiger partial charge in [0.15, 0.2) is 0 Å². The van der Waals surface area contributed by atoms with Gasteiger partial charge in [0.05, 0.1) is 18.6 Å². The fourth-order valence-corrected chi connectivity index (χ4v) is 1.67. The number of hydrogen-bond acceptors (Lipinski definition) is 3. The SMILES string of the molecule is Cc1ncn(Cc2ncnn2C(C)C)c1C. The zero-order valence-electron chi connectivity index (χ0n) is 10.2. The second-order valence-corrected chi connectivity index (χ2v) is 4.26. The maximum Gasteiger partial charge on any atom is 0.147 e. The Bertz CT molecular complexity index is 480. The number of aryl methyl sites for hydroxylation is 1. The van der Waals surface area contributed by atoms with E-state index in [9.17, 15) is 0 Å². The Kier molecular flexibility index (Phi) is 2.77. The minimum Gasteiger partial charge on any atom is -0.327 e. The van der Waals surface area contributed by atoms with Crippen LogP contribution in [0, 0.1) is 13.8 Å². The lowest BCUT2D eigenvalue weighted by molar-refractivity contribution is 0.495. The van der Waals surface area contributed by atoms with Crippen molar-refractivity contribution in [3.8, 4) is 0 Å². The summed E-state index contributed by atoms with van der Waals surface area (Å²) in [6.45, 7) is 9.01. The van der Waals surface area contributed by atoms with E-state index in [0.29, 0.717) is 6.04 Å². The van der Waals surface area contributed by atoms with E-state index in [1.807, 2.05) is 17.9 Å². The van der Waals surface area contributed by atoms with E-state index in [0.717, 1.165) is 18.1 Å². The van der Waals surface area contributed by atoms with Gasteiger partial charge in [0, 0.05) is 11.7 Å². The van der Waals surface area contributed by atoms with Crippen molar-refractivity contribution < 1.29 is 0 Å². The minimum absolute atomic E-state index is 0.336. The number of aromatic nitrogens is 5. The van der Waals surface area contributed by atoms with Crippen molar-refractivity contribution in [1.29, 1.82) is 0 Å². The Balaban J connectivity index is 2.27. The molecule has 0 aliphatic carbocycles. The number of hydrogen-bond donors (Lipinski definition) is 0. The van der Waals surface area contributed by atoms with Crippen LogP contribution in [0.1, 0.15) is 37.1 Å². The van der Waals surface area contributed by atoms with Gasteiger partial charge in [0.1, 0.15) is 12.2 Å². The molecule has 0 saturated carbocycles. The first-order valence-corrected chi connectivity index (χ1v) is 5.46. The molecule has 0 atom stereocenters. The third-order valence-electron chi connectivity index (χ3n) is 2.79. The van der Waals surface area contributed by atoms with Crippen molar-refractivity contribution in [3.05, 3.63) is 29.9 Å². The van der Waals surface area contributed by atoms with E-state index in [4.69, 9.17) is 0 Å². The first-order valence-electron chi connectivity index (χ1n) is 5.46. The summed E-state index contributed by atoms with van der Waals surface area (Å²) in [6, 6.07) is 0.336. The van der Waals surface area contributed by atoms with Crippen molar-refractivity contribution >= 4 is 0 Å². The van der Waals surface area contributed by atoms with E-state index < -0.39 is 0 Å². The van der Waals surface area contributed by atoms with Gasteiger partial charge in [-0.15, -0.1) is 0 Å². The molecule has 0 amide bonds. The Labute approximate surface area is 95.1 Å². The number of nitrogens with zero attached hydrogens (tertiary/aromatic N) is 5. The average Bonchev–Trinajstić information content (AvgIpc) is 2.80. The summed E-state index contributed by atoms with van der Waals surface area (Å²) in [6.07, 6.45) is 3.46. The van der Waals surface area contributed by atoms with Crippen molar-refractivity contribution in [1.82, 2.24) is 24.3 Å². The Hall–Kier alpha value is -1.65. The first kappa shape index (κ1) is 10.9. The van der Waals surface area contributed by atoms with Gasteiger partial charge in [0.25, 0.3) is 0 Å². The summed E-state index contributed by atoms with van der Waals surface area (Å²) >= 11 is 0. The maximum atomic E-state index is 4.29. The lowest BCUT2D eigenvalue weighted by Gasteiger charge is -2.10. The summed E-state index contributed by atoms with van der Waals surface area (Å²) in [4.78, 5) is 8.56. The topological polar surface area (TPSA) is 48.5 Å². The molecule has 0 bridgehead atoms. The third-order valence-corrected chi connectivity index (χ3v) is 2.79. The van der Waals surface area contributed by atoms with Crippen molar-refractivity contribution in [2.45, 2.75) is 40.3 Å². The first-order chi connectivity index (χ1) is 7.59. The minimum atomic E-state index is 0.336. The van der Waals surface area contributed by atoms with Crippen LogP contribution in [0.3, 0.4) is 0 Å². The van der Waals surface area contributed by atoms with Crippen molar-refractivity contribution in [2.75, 3.05) is 0 Å². The van der Waals surface area contributed by atoms with Gasteiger partial charge in [-0.25, -0.2) is 14.6 Å². The van der Waals surface area contributed by atoms with Crippen LogP contribution in [0.15, 0.2) is 12.7 Å². The number of rotatable bonds is 3. The standard InChI is InChI=1S/C11H17N5/c1-8(2)16-11(12-6-14-16)5-15-7-13-9(3)10(15)4/h6-8H,5H2,1-4H3. The fourth-order valence-electron chi connectivity index (χ4n) is 1.67. The smallest absolute Gasteiger partial charge is 0.147 e. The monoisotopic (exact) mass is 219 g/mol. The second-order valence-electron chi connectivity index (χ2n) is 4.26. The molecule has 2 heterocycles. The van der Waals surface area contributed by atoms with Gasteiger partial charge < -0.3 is 4.57 Å². The highest BCUT2D eigenvalue weighted by molar-refractivity contribution is 5.09. The molecule has 0 fully saturated rings. The van der Waals surface area contributed by atoms with E-state index >= 15 is 0 Å². The lowest BCUT2D eigenvalue weighted by atomic mass is 10.3. The van der Waals surface area contributed by atoms with Crippen LogP contribution in [0.25, 0.3) is 0 Å². The van der Waals surface area contributed by atoms with Gasteiger partial charge >= 0.3 is 0 Å². The van der Waals surface area contributed by atoms with E-state index in [1.54, 1.807) is 6.33 Å². The predicted molar refractivity (Wildman–Crippen MR) is 61.2 cm³/mol. The highest BCUT2D eigenvalue weighted by Crippen LogP contribution is 2.10. The Morgan fingerprint density at radius 3 is 2.56 bits per heavy atom. The maximum absolute atomic E-state index is 4.29. The van der Waals surface area contributed by atoms with Gasteiger partial charge in [-0.2, -0.15) is 5.10 Å². The molecule has 0 unspecified atom stereocenters. The van der Waals surface area contributed by atoms with Gasteiger partial charge in [-0.05, 0) is 27.7 Å². The van der Waals surface area contributed by atoms with Crippen LogP contribution < -0.4 is 0 Å². The van der Waals surface area contributed by atoms with Crippen LogP contribution in [-0.2, 0) is 6.54 Å². The summed E-state index contributed by atoms with van der Waals surface area (Å²) in [7, 11) is 0. The molecular weight excluding hydrogens is 202 g/mol. The molecule has 0 saturated heterocycles. The average molecular weight is 219 g/mol. The molecule has 2 rings (SSSR count). The van der Waals surface area contributed by atoms with Crippen LogP contribution in [0.5, 0.6) is 0 Å². The van der Waals surface area contributed by atoms with Gasteiger partial charge in [0.2, 0.25) is 0 Å². The highest BCUT2D eigenvalue weighted by atomic mass is 15.4. The normalized spacial score (nSPS) is 11.3. The molecule has 0 aromatic carbocycles. The van der Waals surface area contributed by atoms with Crippen LogP contribution in [-0.4, -0.2) is 24.3 Å². The Morgan fingerprint density at radius 1 is 1.25 bits per heavy atom. The molecule has 5 heteroatoms. The predicted octanol–water partition coefficient (Wildman–Crippen LogP) is 1.72. The third kappa shape index (κ3) is 1.85. The Morgan fingerprint density at radius 2 is 2.00 bits per heavy atom. The zero-order chi connectivity index (χ0) is 11.7. The molecule has 5 nitrogen and oxygen atoms in total. The summed E-state index contributed by atoms with van der Waals surface area (Å²) in [5.74, 6) is 0.968.